The first kappa shape index (κ1) is 11.4. The first-order chi connectivity index (χ1) is 9.22. The summed E-state index contributed by atoms with van der Waals surface area (Å²) in [6.45, 7) is 0.568. The molecule has 19 heavy (non-hydrogen) atoms. The van der Waals surface area contributed by atoms with Crippen molar-refractivity contribution in [1.82, 2.24) is 29.3 Å². The number of imidazole rings is 1. The highest BCUT2D eigenvalue weighted by molar-refractivity contribution is 5.61. The van der Waals surface area contributed by atoms with Gasteiger partial charge >= 0.3 is 0 Å². The Morgan fingerprint density at radius 3 is 2.89 bits per heavy atom. The summed E-state index contributed by atoms with van der Waals surface area (Å²) in [6, 6.07) is 3.72. The average molecular weight is 255 g/mol. The fraction of sp³-hybridized carbons (Fsp3) is 0.167. The number of anilines is 1. The zero-order valence-electron chi connectivity index (χ0n) is 10.4. The quantitative estimate of drug-likeness (QED) is 0.744. The number of aryl methyl sites for hydroxylation is 1. The molecule has 96 valence electrons. The average Bonchev–Trinajstić information content (AvgIpc) is 2.99. The van der Waals surface area contributed by atoms with Crippen LogP contribution >= 0.6 is 0 Å². The van der Waals surface area contributed by atoms with Crippen molar-refractivity contribution in [2.24, 2.45) is 7.05 Å². The Bertz CT molecular complexity index is 697. The lowest BCUT2D eigenvalue weighted by molar-refractivity contribution is 0.704. The van der Waals surface area contributed by atoms with Gasteiger partial charge in [-0.1, -0.05) is 0 Å². The molecule has 2 N–H and O–H groups in total. The molecule has 0 aliphatic carbocycles. The van der Waals surface area contributed by atoms with E-state index in [0.29, 0.717) is 12.4 Å². The largest absolute Gasteiger partial charge is 0.384 e. The highest BCUT2D eigenvalue weighted by Gasteiger charge is 2.08. The third-order valence-electron chi connectivity index (χ3n) is 2.75. The third kappa shape index (κ3) is 2.30. The van der Waals surface area contributed by atoms with E-state index in [1.807, 2.05) is 23.7 Å². The van der Waals surface area contributed by atoms with Gasteiger partial charge in [0, 0.05) is 18.8 Å². The van der Waals surface area contributed by atoms with Crippen molar-refractivity contribution in [3.05, 3.63) is 43.0 Å². The van der Waals surface area contributed by atoms with Gasteiger partial charge in [0.2, 0.25) is 0 Å². The fourth-order valence-corrected chi connectivity index (χ4v) is 1.90. The fourth-order valence-electron chi connectivity index (χ4n) is 1.90. The Kier molecular flexibility index (Phi) is 2.71. The molecule has 0 aliphatic heterocycles. The van der Waals surface area contributed by atoms with E-state index >= 15 is 0 Å². The second kappa shape index (κ2) is 4.52. The maximum absolute atomic E-state index is 5.70. The normalized spacial score (nSPS) is 10.8. The van der Waals surface area contributed by atoms with E-state index in [1.165, 1.54) is 0 Å². The Balaban J connectivity index is 1.94. The first-order valence-electron chi connectivity index (χ1n) is 5.79. The molecule has 0 atom stereocenters. The third-order valence-corrected chi connectivity index (χ3v) is 2.75. The molecule has 0 bridgehead atoms. The molecule has 0 saturated heterocycles. The minimum absolute atomic E-state index is 0.487. The summed E-state index contributed by atoms with van der Waals surface area (Å²) in [5, 5.41) is 4.26. The number of nitrogens with two attached hydrogens (primary N) is 1. The number of nitrogens with zero attached hydrogens (tertiary/aromatic N) is 6. The summed E-state index contributed by atoms with van der Waals surface area (Å²) in [7, 11) is 1.84. The molecule has 3 aromatic heterocycles. The Hall–Kier alpha value is -2.70. The number of aromatic nitrogens is 6. The van der Waals surface area contributed by atoms with Crippen LogP contribution in [0.2, 0.25) is 0 Å². The molecule has 3 heterocycles. The molecule has 0 unspecified atom stereocenters. The van der Waals surface area contributed by atoms with E-state index in [1.54, 1.807) is 29.7 Å². The van der Waals surface area contributed by atoms with Crippen LogP contribution < -0.4 is 5.73 Å². The van der Waals surface area contributed by atoms with Crippen molar-refractivity contribution in [3.63, 3.8) is 0 Å². The number of rotatable bonds is 3. The molecule has 7 heteroatoms. The van der Waals surface area contributed by atoms with Crippen molar-refractivity contribution in [1.29, 1.82) is 0 Å². The number of hydrogen-bond donors (Lipinski definition) is 1. The highest BCUT2D eigenvalue weighted by atomic mass is 15.3. The van der Waals surface area contributed by atoms with Gasteiger partial charge in [-0.3, -0.25) is 4.68 Å². The summed E-state index contributed by atoms with van der Waals surface area (Å²) in [5.74, 6) is 1.23. The molecule has 0 radical (unpaired) electrons. The Morgan fingerprint density at radius 2 is 2.16 bits per heavy atom. The van der Waals surface area contributed by atoms with Gasteiger partial charge in [-0.05, 0) is 12.1 Å². The van der Waals surface area contributed by atoms with E-state index in [-0.39, 0.29) is 0 Å². The molecule has 0 spiro atoms. The molecule has 3 aromatic rings. The van der Waals surface area contributed by atoms with E-state index in [4.69, 9.17) is 5.73 Å². The maximum Gasteiger partial charge on any atom is 0.170 e. The first-order valence-corrected chi connectivity index (χ1v) is 5.79. The summed E-state index contributed by atoms with van der Waals surface area (Å²) in [6.07, 6.45) is 6.90. The lowest BCUT2D eigenvalue weighted by atomic mass is 10.2. The van der Waals surface area contributed by atoms with Crippen LogP contribution in [0.4, 0.5) is 5.82 Å². The number of pyridine rings is 1. The van der Waals surface area contributed by atoms with Crippen molar-refractivity contribution >= 4 is 5.82 Å². The lowest BCUT2D eigenvalue weighted by Gasteiger charge is -2.06. The van der Waals surface area contributed by atoms with E-state index in [0.717, 1.165) is 17.1 Å². The van der Waals surface area contributed by atoms with Gasteiger partial charge in [0.15, 0.2) is 5.82 Å². The van der Waals surface area contributed by atoms with Crippen LogP contribution in [0.15, 0.2) is 37.2 Å². The van der Waals surface area contributed by atoms with Crippen LogP contribution in [0, 0.1) is 0 Å². The standard InChI is InChI=1S/C12H13N7/c1-18-8-16-12(17-18)6-19-7-14-5-10(19)9-2-3-15-11(13)4-9/h2-5,7-8H,6H2,1H3,(H2,13,15). The minimum atomic E-state index is 0.487. The van der Waals surface area contributed by atoms with Crippen LogP contribution in [0.25, 0.3) is 11.3 Å². The molecule has 0 fully saturated rings. The van der Waals surface area contributed by atoms with Crippen LogP contribution in [0.3, 0.4) is 0 Å². The van der Waals surface area contributed by atoms with Gasteiger partial charge in [-0.2, -0.15) is 5.10 Å². The molecule has 7 nitrogen and oxygen atoms in total. The van der Waals surface area contributed by atoms with Crippen LogP contribution in [0.5, 0.6) is 0 Å². The predicted molar refractivity (Wildman–Crippen MR) is 70.0 cm³/mol. The zero-order chi connectivity index (χ0) is 13.2. The second-order valence-corrected chi connectivity index (χ2v) is 4.21. The van der Waals surface area contributed by atoms with Crippen molar-refractivity contribution < 1.29 is 0 Å². The molecular formula is C12H13N7. The van der Waals surface area contributed by atoms with Crippen LogP contribution in [0.1, 0.15) is 5.82 Å². The minimum Gasteiger partial charge on any atom is -0.384 e. The molecule has 0 aliphatic rings. The SMILES string of the molecule is Cn1cnc(Cn2cncc2-c2ccnc(N)c2)n1. The summed E-state index contributed by atoms with van der Waals surface area (Å²) in [5.41, 5.74) is 7.63. The van der Waals surface area contributed by atoms with E-state index < -0.39 is 0 Å². The number of hydrogen-bond acceptors (Lipinski definition) is 5. The Morgan fingerprint density at radius 1 is 1.26 bits per heavy atom. The molecule has 0 aromatic carbocycles. The van der Waals surface area contributed by atoms with Crippen molar-refractivity contribution in [3.8, 4) is 11.3 Å². The van der Waals surface area contributed by atoms with Gasteiger partial charge in [0.25, 0.3) is 0 Å². The predicted octanol–water partition coefficient (Wildman–Crippen LogP) is 0.704. The summed E-state index contributed by atoms with van der Waals surface area (Å²) < 4.78 is 3.65. The Labute approximate surface area is 109 Å². The van der Waals surface area contributed by atoms with E-state index in [2.05, 4.69) is 20.1 Å². The lowest BCUT2D eigenvalue weighted by Crippen LogP contribution is -2.03. The molecule has 0 saturated carbocycles. The number of nitrogen functional groups attached to an aromatic ring is 1. The van der Waals surface area contributed by atoms with Crippen LogP contribution in [-0.4, -0.2) is 29.3 Å². The molecule has 3 rings (SSSR count). The van der Waals surface area contributed by atoms with Gasteiger partial charge in [0.1, 0.15) is 12.1 Å². The van der Waals surface area contributed by atoms with Crippen LogP contribution in [-0.2, 0) is 13.6 Å². The second-order valence-electron chi connectivity index (χ2n) is 4.21. The molecule has 0 amide bonds. The van der Waals surface area contributed by atoms with Crippen molar-refractivity contribution in [2.45, 2.75) is 6.54 Å². The van der Waals surface area contributed by atoms with Gasteiger partial charge < -0.3 is 10.3 Å². The summed E-state index contributed by atoms with van der Waals surface area (Å²) >= 11 is 0. The van der Waals surface area contributed by atoms with Gasteiger partial charge in [0.05, 0.1) is 24.8 Å². The highest BCUT2D eigenvalue weighted by Crippen LogP contribution is 2.20. The maximum atomic E-state index is 5.70. The zero-order valence-corrected chi connectivity index (χ0v) is 10.4. The van der Waals surface area contributed by atoms with Gasteiger partial charge in [-0.15, -0.1) is 0 Å². The van der Waals surface area contributed by atoms with E-state index in [9.17, 15) is 0 Å². The van der Waals surface area contributed by atoms with Gasteiger partial charge in [-0.25, -0.2) is 15.0 Å². The smallest absolute Gasteiger partial charge is 0.170 e. The topological polar surface area (TPSA) is 87.4 Å². The monoisotopic (exact) mass is 255 g/mol. The summed E-state index contributed by atoms with van der Waals surface area (Å²) in [4.78, 5) is 12.4. The van der Waals surface area contributed by atoms with Crippen molar-refractivity contribution in [2.75, 3.05) is 5.73 Å². The molecular weight excluding hydrogens is 242 g/mol.